The predicted molar refractivity (Wildman–Crippen MR) is 84.0 cm³/mol. The highest BCUT2D eigenvalue weighted by Crippen LogP contribution is 2.20. The van der Waals surface area contributed by atoms with Crippen molar-refractivity contribution in [3.63, 3.8) is 0 Å². The van der Waals surface area contributed by atoms with Gasteiger partial charge in [-0.05, 0) is 36.8 Å². The second-order valence-electron chi connectivity index (χ2n) is 4.27. The standard InChI is InChI=1S/C16H15FN2OS/c1-2-12-6-8-15(21-12)16(20)19-14-7-5-11(4-3-9-18)10-13(14)17/h5-8,10H,2,9,18H2,1H3,(H,19,20). The number of carbonyl (C=O) groups is 1. The first-order chi connectivity index (χ1) is 10.1. The third kappa shape index (κ3) is 3.91. The van der Waals surface area contributed by atoms with E-state index in [1.165, 1.54) is 23.5 Å². The van der Waals surface area contributed by atoms with Crippen molar-refractivity contribution in [1.29, 1.82) is 0 Å². The third-order valence-corrected chi connectivity index (χ3v) is 4.01. The molecule has 1 aromatic carbocycles. The molecule has 1 heterocycles. The number of hydrogen-bond acceptors (Lipinski definition) is 3. The number of nitrogens with one attached hydrogen (secondary N) is 1. The van der Waals surface area contributed by atoms with E-state index in [4.69, 9.17) is 5.73 Å². The van der Waals surface area contributed by atoms with Crippen LogP contribution in [0.1, 0.15) is 27.0 Å². The van der Waals surface area contributed by atoms with E-state index in [0.717, 1.165) is 11.3 Å². The van der Waals surface area contributed by atoms with Gasteiger partial charge < -0.3 is 11.1 Å². The van der Waals surface area contributed by atoms with Gasteiger partial charge in [0.05, 0.1) is 17.1 Å². The van der Waals surface area contributed by atoms with Crippen molar-refractivity contribution < 1.29 is 9.18 Å². The van der Waals surface area contributed by atoms with Gasteiger partial charge in [-0.2, -0.15) is 0 Å². The maximum atomic E-state index is 13.9. The maximum Gasteiger partial charge on any atom is 0.265 e. The van der Waals surface area contributed by atoms with Crippen LogP contribution in [0.5, 0.6) is 0 Å². The summed E-state index contributed by atoms with van der Waals surface area (Å²) in [6.07, 6.45) is 0.876. The fourth-order valence-electron chi connectivity index (χ4n) is 1.72. The number of thiophene rings is 1. The summed E-state index contributed by atoms with van der Waals surface area (Å²) in [6, 6.07) is 8.08. The van der Waals surface area contributed by atoms with E-state index in [9.17, 15) is 9.18 Å². The van der Waals surface area contributed by atoms with Crippen LogP contribution in [0.2, 0.25) is 0 Å². The van der Waals surface area contributed by atoms with Crippen LogP contribution in [0.3, 0.4) is 0 Å². The molecule has 0 saturated heterocycles. The summed E-state index contributed by atoms with van der Waals surface area (Å²) >= 11 is 1.41. The normalized spacial score (nSPS) is 9.86. The topological polar surface area (TPSA) is 55.1 Å². The van der Waals surface area contributed by atoms with Crippen LogP contribution in [-0.2, 0) is 6.42 Å². The first-order valence-corrected chi connectivity index (χ1v) is 7.34. The molecule has 0 radical (unpaired) electrons. The minimum atomic E-state index is -0.514. The van der Waals surface area contributed by atoms with Crippen molar-refractivity contribution in [1.82, 2.24) is 0 Å². The molecule has 0 aliphatic heterocycles. The van der Waals surface area contributed by atoms with Crippen LogP contribution in [0.25, 0.3) is 0 Å². The number of anilines is 1. The molecule has 0 atom stereocenters. The van der Waals surface area contributed by atoms with Gasteiger partial charge in [-0.15, -0.1) is 11.3 Å². The fourth-order valence-corrected chi connectivity index (χ4v) is 2.56. The largest absolute Gasteiger partial charge is 0.320 e. The Morgan fingerprint density at radius 3 is 2.81 bits per heavy atom. The number of aryl methyl sites for hydroxylation is 1. The summed E-state index contributed by atoms with van der Waals surface area (Å²) in [5.41, 5.74) is 5.94. The molecule has 3 N–H and O–H groups in total. The van der Waals surface area contributed by atoms with Crippen molar-refractivity contribution in [3.05, 3.63) is 51.5 Å². The lowest BCUT2D eigenvalue weighted by molar-refractivity contribution is 0.103. The molecule has 0 spiro atoms. The molecule has 1 amide bonds. The fraction of sp³-hybridized carbons (Fsp3) is 0.188. The van der Waals surface area contributed by atoms with E-state index < -0.39 is 5.82 Å². The van der Waals surface area contributed by atoms with Gasteiger partial charge in [0.25, 0.3) is 5.91 Å². The molecule has 108 valence electrons. The summed E-state index contributed by atoms with van der Waals surface area (Å²) in [5.74, 6) is 4.57. The summed E-state index contributed by atoms with van der Waals surface area (Å²) < 4.78 is 13.9. The van der Waals surface area contributed by atoms with Gasteiger partial charge in [0.2, 0.25) is 0 Å². The number of hydrogen-bond donors (Lipinski definition) is 2. The Hall–Kier alpha value is -2.16. The average molecular weight is 302 g/mol. The number of amides is 1. The summed E-state index contributed by atoms with van der Waals surface area (Å²) in [6.45, 7) is 2.24. The van der Waals surface area contributed by atoms with E-state index in [1.807, 2.05) is 13.0 Å². The van der Waals surface area contributed by atoms with E-state index in [-0.39, 0.29) is 18.1 Å². The maximum absolute atomic E-state index is 13.9. The van der Waals surface area contributed by atoms with E-state index in [0.29, 0.717) is 10.4 Å². The van der Waals surface area contributed by atoms with E-state index in [1.54, 1.807) is 12.1 Å². The Balaban J connectivity index is 2.14. The van der Waals surface area contributed by atoms with Crippen LogP contribution in [0, 0.1) is 17.7 Å². The van der Waals surface area contributed by atoms with Crippen LogP contribution >= 0.6 is 11.3 Å². The molecule has 0 aliphatic carbocycles. The highest BCUT2D eigenvalue weighted by Gasteiger charge is 2.11. The quantitative estimate of drug-likeness (QED) is 0.856. The Bertz CT molecular complexity index is 713. The van der Waals surface area contributed by atoms with E-state index >= 15 is 0 Å². The lowest BCUT2D eigenvalue weighted by Crippen LogP contribution is -2.11. The Kier molecular flexibility index (Phi) is 5.09. The smallest absolute Gasteiger partial charge is 0.265 e. The molecule has 0 aliphatic rings. The minimum absolute atomic E-state index is 0.143. The van der Waals surface area contributed by atoms with Gasteiger partial charge in [0.1, 0.15) is 5.82 Å². The number of rotatable bonds is 3. The van der Waals surface area contributed by atoms with Crippen LogP contribution in [0.15, 0.2) is 30.3 Å². The molecular weight excluding hydrogens is 287 g/mol. The van der Waals surface area contributed by atoms with Gasteiger partial charge in [-0.3, -0.25) is 4.79 Å². The van der Waals surface area contributed by atoms with Crippen LogP contribution in [0.4, 0.5) is 10.1 Å². The van der Waals surface area contributed by atoms with Crippen molar-refractivity contribution in [2.24, 2.45) is 5.73 Å². The van der Waals surface area contributed by atoms with Gasteiger partial charge in [-0.1, -0.05) is 18.8 Å². The first kappa shape index (κ1) is 15.2. The molecule has 0 unspecified atom stereocenters. The zero-order valence-corrected chi connectivity index (χ0v) is 12.4. The average Bonchev–Trinajstić information content (AvgIpc) is 2.96. The molecule has 3 nitrogen and oxygen atoms in total. The number of carbonyl (C=O) groups excluding carboxylic acids is 1. The summed E-state index contributed by atoms with van der Waals surface area (Å²) in [4.78, 5) is 13.7. The predicted octanol–water partition coefficient (Wildman–Crippen LogP) is 3.01. The molecule has 21 heavy (non-hydrogen) atoms. The molecule has 0 bridgehead atoms. The van der Waals surface area contributed by atoms with Gasteiger partial charge in [0, 0.05) is 10.4 Å². The highest BCUT2D eigenvalue weighted by molar-refractivity contribution is 7.14. The van der Waals surface area contributed by atoms with Crippen molar-refractivity contribution in [2.75, 3.05) is 11.9 Å². The monoisotopic (exact) mass is 302 g/mol. The molecule has 1 aromatic heterocycles. The minimum Gasteiger partial charge on any atom is -0.320 e. The number of benzene rings is 1. The second-order valence-corrected chi connectivity index (χ2v) is 5.44. The van der Waals surface area contributed by atoms with Gasteiger partial charge >= 0.3 is 0 Å². The Morgan fingerprint density at radius 1 is 1.38 bits per heavy atom. The Labute approximate surface area is 127 Å². The SMILES string of the molecule is CCc1ccc(C(=O)Nc2ccc(C#CCN)cc2F)s1. The molecule has 0 saturated carbocycles. The summed E-state index contributed by atoms with van der Waals surface area (Å²) in [7, 11) is 0. The third-order valence-electron chi connectivity index (χ3n) is 2.79. The van der Waals surface area contributed by atoms with Crippen molar-refractivity contribution >= 4 is 22.9 Å². The molecule has 2 aromatic rings. The Morgan fingerprint density at radius 2 is 2.19 bits per heavy atom. The summed E-state index contributed by atoms with van der Waals surface area (Å²) in [5, 5.41) is 2.57. The zero-order chi connectivity index (χ0) is 15.2. The molecular formula is C16H15FN2OS. The first-order valence-electron chi connectivity index (χ1n) is 6.52. The molecule has 2 rings (SSSR count). The van der Waals surface area contributed by atoms with Crippen molar-refractivity contribution in [2.45, 2.75) is 13.3 Å². The zero-order valence-electron chi connectivity index (χ0n) is 11.6. The second kappa shape index (κ2) is 7.02. The molecule has 5 heteroatoms. The lowest BCUT2D eigenvalue weighted by Gasteiger charge is -2.05. The van der Waals surface area contributed by atoms with Gasteiger partial charge in [-0.25, -0.2) is 4.39 Å². The van der Waals surface area contributed by atoms with Crippen molar-refractivity contribution in [3.8, 4) is 11.8 Å². The number of halogens is 1. The van der Waals surface area contributed by atoms with E-state index in [2.05, 4.69) is 17.2 Å². The van der Waals surface area contributed by atoms with Crippen LogP contribution in [-0.4, -0.2) is 12.5 Å². The lowest BCUT2D eigenvalue weighted by atomic mass is 10.2. The molecule has 0 fully saturated rings. The van der Waals surface area contributed by atoms with Gasteiger partial charge in [0.15, 0.2) is 0 Å². The highest BCUT2D eigenvalue weighted by atomic mass is 32.1. The van der Waals surface area contributed by atoms with Crippen LogP contribution < -0.4 is 11.1 Å². The number of nitrogens with two attached hydrogens (primary N) is 1.